The Morgan fingerprint density at radius 3 is 2.71 bits per heavy atom. The molecular formula is C13H21N. The highest BCUT2D eigenvalue weighted by atomic mass is 14.9. The van der Waals surface area contributed by atoms with E-state index < -0.39 is 0 Å². The molecule has 0 rings (SSSR count). The average molecular weight is 191 g/mol. The Morgan fingerprint density at radius 2 is 2.14 bits per heavy atom. The maximum absolute atomic E-state index is 3.69. The SMILES string of the molecule is C=C/C(C)=C/NC(C)/C=C/C/C=C\C. The molecule has 0 heterocycles. The van der Waals surface area contributed by atoms with E-state index in [0.29, 0.717) is 6.04 Å². The molecule has 14 heavy (non-hydrogen) atoms. The molecule has 0 radical (unpaired) electrons. The Hall–Kier alpha value is -1.24. The van der Waals surface area contributed by atoms with E-state index in [-0.39, 0.29) is 0 Å². The van der Waals surface area contributed by atoms with Crippen LogP contribution in [0.2, 0.25) is 0 Å². The molecule has 1 N–H and O–H groups in total. The summed E-state index contributed by atoms with van der Waals surface area (Å²) in [6.07, 6.45) is 13.3. The summed E-state index contributed by atoms with van der Waals surface area (Å²) in [5.41, 5.74) is 1.15. The van der Waals surface area contributed by atoms with Crippen LogP contribution in [0.15, 0.2) is 48.7 Å². The van der Waals surface area contributed by atoms with Crippen LogP contribution in [0.3, 0.4) is 0 Å². The largest absolute Gasteiger partial charge is 0.385 e. The topological polar surface area (TPSA) is 12.0 Å². The molecule has 0 aliphatic rings. The summed E-state index contributed by atoms with van der Waals surface area (Å²) in [5, 5.41) is 3.27. The van der Waals surface area contributed by atoms with Crippen LogP contribution in [-0.2, 0) is 0 Å². The van der Waals surface area contributed by atoms with Gasteiger partial charge in [0.1, 0.15) is 0 Å². The fourth-order valence-corrected chi connectivity index (χ4v) is 0.875. The quantitative estimate of drug-likeness (QED) is 0.500. The third kappa shape index (κ3) is 7.41. The second-order valence-electron chi connectivity index (χ2n) is 3.28. The first-order valence-corrected chi connectivity index (χ1v) is 5.03. The lowest BCUT2D eigenvalue weighted by Crippen LogP contribution is -2.17. The zero-order chi connectivity index (χ0) is 10.8. The van der Waals surface area contributed by atoms with Gasteiger partial charge in [-0.2, -0.15) is 0 Å². The van der Waals surface area contributed by atoms with E-state index in [1.807, 2.05) is 26.1 Å². The summed E-state index contributed by atoms with van der Waals surface area (Å²) in [6.45, 7) is 9.87. The molecule has 78 valence electrons. The van der Waals surface area contributed by atoms with Crippen LogP contribution in [0.25, 0.3) is 0 Å². The van der Waals surface area contributed by atoms with E-state index in [2.05, 4.69) is 43.1 Å². The second-order valence-corrected chi connectivity index (χ2v) is 3.28. The number of rotatable bonds is 6. The fourth-order valence-electron chi connectivity index (χ4n) is 0.875. The van der Waals surface area contributed by atoms with Gasteiger partial charge >= 0.3 is 0 Å². The molecule has 0 aromatic heterocycles. The Bertz CT molecular complexity index is 234. The Morgan fingerprint density at radius 1 is 1.43 bits per heavy atom. The summed E-state index contributed by atoms with van der Waals surface area (Å²) in [5.74, 6) is 0. The maximum atomic E-state index is 3.69. The van der Waals surface area contributed by atoms with Gasteiger partial charge in [0.2, 0.25) is 0 Å². The number of hydrogen-bond acceptors (Lipinski definition) is 1. The molecule has 0 amide bonds. The van der Waals surface area contributed by atoms with E-state index in [9.17, 15) is 0 Å². The van der Waals surface area contributed by atoms with Crippen LogP contribution < -0.4 is 5.32 Å². The lowest BCUT2D eigenvalue weighted by molar-refractivity contribution is 0.763. The van der Waals surface area contributed by atoms with E-state index in [0.717, 1.165) is 12.0 Å². The predicted molar refractivity (Wildman–Crippen MR) is 65.1 cm³/mol. The maximum Gasteiger partial charge on any atom is 0.0410 e. The highest BCUT2D eigenvalue weighted by molar-refractivity contribution is 5.12. The molecule has 0 saturated carbocycles. The molecule has 0 spiro atoms. The molecule has 0 aliphatic carbocycles. The average Bonchev–Trinajstić information content (AvgIpc) is 2.21. The summed E-state index contributed by atoms with van der Waals surface area (Å²) in [7, 11) is 0. The standard InChI is InChI=1S/C13H21N/c1-5-7-8-9-10-13(4)14-11-12(3)6-2/h5-7,9-11,13-14H,2,8H2,1,3-4H3/b7-5-,10-9+,12-11+. The first-order chi connectivity index (χ1) is 6.70. The molecular weight excluding hydrogens is 170 g/mol. The lowest BCUT2D eigenvalue weighted by atomic mass is 10.2. The van der Waals surface area contributed by atoms with Crippen LogP contribution in [0.4, 0.5) is 0 Å². The van der Waals surface area contributed by atoms with Crippen molar-refractivity contribution in [1.82, 2.24) is 5.32 Å². The third-order valence-electron chi connectivity index (χ3n) is 1.83. The van der Waals surface area contributed by atoms with E-state index in [1.54, 1.807) is 0 Å². The zero-order valence-corrected chi connectivity index (χ0v) is 9.46. The van der Waals surface area contributed by atoms with Crippen LogP contribution in [-0.4, -0.2) is 6.04 Å². The number of hydrogen-bond donors (Lipinski definition) is 1. The van der Waals surface area contributed by atoms with Crippen molar-refractivity contribution in [3.63, 3.8) is 0 Å². The molecule has 1 nitrogen and oxygen atoms in total. The van der Waals surface area contributed by atoms with Crippen molar-refractivity contribution in [2.75, 3.05) is 0 Å². The highest BCUT2D eigenvalue weighted by Gasteiger charge is 1.89. The van der Waals surface area contributed by atoms with Crippen LogP contribution >= 0.6 is 0 Å². The van der Waals surface area contributed by atoms with E-state index in [1.165, 1.54) is 0 Å². The van der Waals surface area contributed by atoms with Gasteiger partial charge in [-0.15, -0.1) is 0 Å². The Balaban J connectivity index is 3.80. The number of allylic oxidation sites excluding steroid dienone is 5. The van der Waals surface area contributed by atoms with Gasteiger partial charge in [0.15, 0.2) is 0 Å². The van der Waals surface area contributed by atoms with Gasteiger partial charge in [-0.05, 0) is 39.0 Å². The molecule has 0 aliphatic heterocycles. The number of nitrogens with one attached hydrogen (secondary N) is 1. The molecule has 0 saturated heterocycles. The van der Waals surface area contributed by atoms with Gasteiger partial charge in [0.05, 0.1) is 0 Å². The third-order valence-corrected chi connectivity index (χ3v) is 1.83. The summed E-state index contributed by atoms with van der Waals surface area (Å²) in [6, 6.07) is 0.371. The predicted octanol–water partition coefficient (Wildman–Crippen LogP) is 3.58. The fraction of sp³-hybridized carbons (Fsp3) is 0.385. The zero-order valence-electron chi connectivity index (χ0n) is 9.46. The van der Waals surface area contributed by atoms with Crippen molar-refractivity contribution in [1.29, 1.82) is 0 Å². The molecule has 0 aromatic carbocycles. The molecule has 1 unspecified atom stereocenters. The smallest absolute Gasteiger partial charge is 0.0410 e. The van der Waals surface area contributed by atoms with Gasteiger partial charge < -0.3 is 5.32 Å². The van der Waals surface area contributed by atoms with Gasteiger partial charge in [-0.25, -0.2) is 0 Å². The Kier molecular flexibility index (Phi) is 7.62. The van der Waals surface area contributed by atoms with Crippen LogP contribution in [0.5, 0.6) is 0 Å². The summed E-state index contributed by atoms with van der Waals surface area (Å²) < 4.78 is 0. The minimum Gasteiger partial charge on any atom is -0.385 e. The van der Waals surface area contributed by atoms with Crippen molar-refractivity contribution in [2.45, 2.75) is 33.2 Å². The second kappa shape index (κ2) is 8.36. The van der Waals surface area contributed by atoms with Gasteiger partial charge in [-0.3, -0.25) is 0 Å². The van der Waals surface area contributed by atoms with Gasteiger partial charge in [0.25, 0.3) is 0 Å². The molecule has 1 atom stereocenters. The van der Waals surface area contributed by atoms with Crippen molar-refractivity contribution in [3.8, 4) is 0 Å². The minimum atomic E-state index is 0.371. The summed E-state index contributed by atoms with van der Waals surface area (Å²) >= 11 is 0. The minimum absolute atomic E-state index is 0.371. The molecule has 0 aromatic rings. The van der Waals surface area contributed by atoms with Crippen molar-refractivity contribution >= 4 is 0 Å². The summed E-state index contributed by atoms with van der Waals surface area (Å²) in [4.78, 5) is 0. The van der Waals surface area contributed by atoms with Crippen molar-refractivity contribution < 1.29 is 0 Å². The van der Waals surface area contributed by atoms with E-state index >= 15 is 0 Å². The van der Waals surface area contributed by atoms with Crippen molar-refractivity contribution in [2.24, 2.45) is 0 Å². The monoisotopic (exact) mass is 191 g/mol. The van der Waals surface area contributed by atoms with Gasteiger partial charge in [-0.1, -0.05) is 37.0 Å². The molecule has 1 heteroatoms. The van der Waals surface area contributed by atoms with Crippen LogP contribution in [0.1, 0.15) is 27.2 Å². The normalized spacial score (nSPS) is 14.9. The van der Waals surface area contributed by atoms with E-state index in [4.69, 9.17) is 0 Å². The lowest BCUT2D eigenvalue weighted by Gasteiger charge is -2.06. The first kappa shape index (κ1) is 12.8. The van der Waals surface area contributed by atoms with Crippen LogP contribution in [0, 0.1) is 0 Å². The van der Waals surface area contributed by atoms with Crippen molar-refractivity contribution in [3.05, 3.63) is 48.7 Å². The highest BCUT2D eigenvalue weighted by Crippen LogP contribution is 1.93. The van der Waals surface area contributed by atoms with Gasteiger partial charge in [0, 0.05) is 6.04 Å². The molecule has 0 fully saturated rings. The molecule has 0 bridgehead atoms. The first-order valence-electron chi connectivity index (χ1n) is 5.03. The Labute approximate surface area is 87.9 Å².